The van der Waals surface area contributed by atoms with E-state index in [0.29, 0.717) is 5.69 Å². The summed E-state index contributed by atoms with van der Waals surface area (Å²) in [6, 6.07) is 7.92. The van der Waals surface area contributed by atoms with Gasteiger partial charge < -0.3 is 16.0 Å². The van der Waals surface area contributed by atoms with Crippen LogP contribution in [0.1, 0.15) is 10.5 Å². The Morgan fingerprint density at radius 1 is 1.15 bits per heavy atom. The number of benzene rings is 1. The zero-order valence-electron chi connectivity index (χ0n) is 11.0. The van der Waals surface area contributed by atoms with Crippen LogP contribution in [0.25, 0.3) is 11.3 Å². The summed E-state index contributed by atoms with van der Waals surface area (Å²) in [5.74, 6) is -0.583. The lowest BCUT2D eigenvalue weighted by atomic mass is 10.1. The molecule has 3 rings (SSSR count). The van der Waals surface area contributed by atoms with Gasteiger partial charge in [0.2, 0.25) is 0 Å². The second-order valence-electron chi connectivity index (χ2n) is 4.67. The molecule has 0 aliphatic carbocycles. The number of hydrogen-bond acceptors (Lipinski definition) is 5. The number of nitrogens with one attached hydrogen (secondary N) is 2. The topological polar surface area (TPSA) is 99.9 Å². The molecule has 4 N–H and O–H groups in total. The first kappa shape index (κ1) is 12.6. The molecule has 104 valence electrons. The highest BCUT2D eigenvalue weighted by Gasteiger charge is 2.16. The van der Waals surface area contributed by atoms with Crippen LogP contribution in [0, 0.1) is 0 Å². The summed E-state index contributed by atoms with van der Waals surface area (Å²) in [4.78, 5) is 13.6. The van der Waals surface area contributed by atoms with Crippen LogP contribution in [0.2, 0.25) is 0 Å². The van der Waals surface area contributed by atoms with Crippen molar-refractivity contribution < 1.29 is 4.79 Å². The predicted molar refractivity (Wildman–Crippen MR) is 75.4 cm³/mol. The van der Waals surface area contributed by atoms with Gasteiger partial charge in [-0.1, -0.05) is 12.1 Å². The molecule has 1 fully saturated rings. The van der Waals surface area contributed by atoms with Crippen molar-refractivity contribution in [1.29, 1.82) is 0 Å². The first-order chi connectivity index (χ1) is 9.75. The maximum atomic E-state index is 11.3. The van der Waals surface area contributed by atoms with Gasteiger partial charge in [-0.25, -0.2) is 0 Å². The molecule has 1 amide bonds. The van der Waals surface area contributed by atoms with E-state index in [-0.39, 0.29) is 5.69 Å². The Balaban J connectivity index is 1.85. The van der Waals surface area contributed by atoms with Gasteiger partial charge in [-0.3, -0.25) is 4.79 Å². The summed E-state index contributed by atoms with van der Waals surface area (Å²) in [6.45, 7) is 3.99. The molecule has 0 unspecified atom stereocenters. The summed E-state index contributed by atoms with van der Waals surface area (Å²) in [6.07, 6.45) is 0. The Morgan fingerprint density at radius 2 is 1.85 bits per heavy atom. The minimum absolute atomic E-state index is 0.167. The number of rotatable bonds is 3. The van der Waals surface area contributed by atoms with E-state index in [1.807, 2.05) is 24.3 Å². The van der Waals surface area contributed by atoms with E-state index in [9.17, 15) is 4.79 Å². The molecule has 1 aliphatic rings. The summed E-state index contributed by atoms with van der Waals surface area (Å²) in [5, 5.41) is 13.5. The molecule has 1 aromatic heterocycles. The van der Waals surface area contributed by atoms with E-state index in [1.54, 1.807) is 0 Å². The zero-order valence-corrected chi connectivity index (χ0v) is 11.0. The van der Waals surface area contributed by atoms with Crippen molar-refractivity contribution in [3.05, 3.63) is 30.0 Å². The number of aromatic nitrogens is 3. The fraction of sp³-hybridized carbons (Fsp3) is 0.308. The maximum absolute atomic E-state index is 11.3. The maximum Gasteiger partial charge on any atom is 0.271 e. The molecule has 7 heteroatoms. The van der Waals surface area contributed by atoms with Crippen molar-refractivity contribution in [3.8, 4) is 11.3 Å². The number of nitrogens with two attached hydrogens (primary N) is 1. The lowest BCUT2D eigenvalue weighted by Crippen LogP contribution is -2.43. The monoisotopic (exact) mass is 272 g/mol. The number of aromatic amines is 1. The van der Waals surface area contributed by atoms with Crippen molar-refractivity contribution in [1.82, 2.24) is 20.7 Å². The van der Waals surface area contributed by atoms with E-state index in [1.165, 1.54) is 5.69 Å². The fourth-order valence-corrected chi connectivity index (χ4v) is 2.36. The first-order valence-electron chi connectivity index (χ1n) is 6.52. The molecule has 0 atom stereocenters. The van der Waals surface area contributed by atoms with Crippen molar-refractivity contribution in [2.75, 3.05) is 31.1 Å². The lowest BCUT2D eigenvalue weighted by molar-refractivity contribution is 0.0996. The number of nitrogens with zero attached hydrogens (tertiary/aromatic N) is 3. The Morgan fingerprint density at radius 3 is 2.50 bits per heavy atom. The van der Waals surface area contributed by atoms with E-state index >= 15 is 0 Å². The SMILES string of the molecule is NC(=O)c1n[nH]nc1-c1ccc(N2CCNCC2)cc1. The summed E-state index contributed by atoms with van der Waals surface area (Å²) in [5.41, 5.74) is 7.91. The third-order valence-corrected chi connectivity index (χ3v) is 3.40. The number of piperazine rings is 1. The molecule has 7 nitrogen and oxygen atoms in total. The van der Waals surface area contributed by atoms with Crippen molar-refractivity contribution in [3.63, 3.8) is 0 Å². The minimum atomic E-state index is -0.583. The molecule has 1 saturated heterocycles. The summed E-state index contributed by atoms with van der Waals surface area (Å²) in [7, 11) is 0. The number of amides is 1. The second kappa shape index (κ2) is 5.30. The van der Waals surface area contributed by atoms with Crippen LogP contribution < -0.4 is 16.0 Å². The van der Waals surface area contributed by atoms with Crippen molar-refractivity contribution in [2.45, 2.75) is 0 Å². The standard InChI is InChI=1S/C13H16N6O/c14-13(20)12-11(16-18-17-12)9-1-3-10(4-2-9)19-7-5-15-6-8-19/h1-4,15H,5-8H2,(H2,14,20)(H,16,17,18). The van der Waals surface area contributed by atoms with Gasteiger partial charge in [-0.2, -0.15) is 15.4 Å². The molecule has 20 heavy (non-hydrogen) atoms. The number of carbonyl (C=O) groups is 1. The number of carbonyl (C=O) groups excluding carboxylic acids is 1. The predicted octanol–water partition coefficient (Wildman–Crippen LogP) is -0.0198. The number of H-pyrrole nitrogens is 1. The van der Waals surface area contributed by atoms with Gasteiger partial charge in [0.1, 0.15) is 5.69 Å². The molecule has 0 radical (unpaired) electrons. The molecule has 0 saturated carbocycles. The fourth-order valence-electron chi connectivity index (χ4n) is 2.36. The van der Waals surface area contributed by atoms with E-state index in [4.69, 9.17) is 5.73 Å². The van der Waals surface area contributed by atoms with Gasteiger partial charge in [-0.15, -0.1) is 0 Å². The Labute approximate surface area is 116 Å². The van der Waals surface area contributed by atoms with E-state index < -0.39 is 5.91 Å². The Hall–Kier alpha value is -2.41. The molecular weight excluding hydrogens is 256 g/mol. The van der Waals surface area contributed by atoms with Crippen LogP contribution in [0.15, 0.2) is 24.3 Å². The zero-order chi connectivity index (χ0) is 13.9. The van der Waals surface area contributed by atoms with Crippen LogP contribution in [0.4, 0.5) is 5.69 Å². The second-order valence-corrected chi connectivity index (χ2v) is 4.67. The van der Waals surface area contributed by atoms with Gasteiger partial charge >= 0.3 is 0 Å². The largest absolute Gasteiger partial charge is 0.369 e. The van der Waals surface area contributed by atoms with Crippen LogP contribution in [-0.4, -0.2) is 47.5 Å². The van der Waals surface area contributed by atoms with Crippen LogP contribution in [-0.2, 0) is 0 Å². The van der Waals surface area contributed by atoms with Crippen LogP contribution in [0.5, 0.6) is 0 Å². The average molecular weight is 272 g/mol. The summed E-state index contributed by atoms with van der Waals surface area (Å²) < 4.78 is 0. The van der Waals surface area contributed by atoms with Crippen molar-refractivity contribution >= 4 is 11.6 Å². The normalized spacial score (nSPS) is 15.3. The Bertz CT molecular complexity index is 600. The van der Waals surface area contributed by atoms with E-state index in [2.05, 4.69) is 25.6 Å². The van der Waals surface area contributed by atoms with Gasteiger partial charge in [0.15, 0.2) is 5.69 Å². The first-order valence-corrected chi connectivity index (χ1v) is 6.52. The van der Waals surface area contributed by atoms with Gasteiger partial charge in [0.25, 0.3) is 5.91 Å². The Kier molecular flexibility index (Phi) is 3.34. The van der Waals surface area contributed by atoms with Crippen molar-refractivity contribution in [2.24, 2.45) is 5.73 Å². The minimum Gasteiger partial charge on any atom is -0.369 e. The average Bonchev–Trinajstić information content (AvgIpc) is 2.98. The summed E-state index contributed by atoms with van der Waals surface area (Å²) >= 11 is 0. The third kappa shape index (κ3) is 2.35. The highest BCUT2D eigenvalue weighted by Crippen LogP contribution is 2.23. The molecular formula is C13H16N6O. The lowest BCUT2D eigenvalue weighted by Gasteiger charge is -2.29. The quantitative estimate of drug-likeness (QED) is 0.729. The molecule has 0 spiro atoms. The highest BCUT2D eigenvalue weighted by molar-refractivity contribution is 5.96. The van der Waals surface area contributed by atoms with E-state index in [0.717, 1.165) is 31.7 Å². The molecule has 2 aromatic rings. The van der Waals surface area contributed by atoms with Gasteiger partial charge in [-0.05, 0) is 12.1 Å². The third-order valence-electron chi connectivity index (χ3n) is 3.40. The number of anilines is 1. The molecule has 0 bridgehead atoms. The molecule has 1 aliphatic heterocycles. The molecule has 2 heterocycles. The molecule has 1 aromatic carbocycles. The number of hydrogen-bond donors (Lipinski definition) is 3. The van der Waals surface area contributed by atoms with Crippen LogP contribution >= 0.6 is 0 Å². The van der Waals surface area contributed by atoms with Gasteiger partial charge in [0.05, 0.1) is 0 Å². The number of primary amides is 1. The van der Waals surface area contributed by atoms with Gasteiger partial charge in [0, 0.05) is 37.4 Å². The van der Waals surface area contributed by atoms with Crippen LogP contribution in [0.3, 0.4) is 0 Å². The smallest absolute Gasteiger partial charge is 0.271 e. The highest BCUT2D eigenvalue weighted by atomic mass is 16.1.